The van der Waals surface area contributed by atoms with E-state index in [0.717, 1.165) is 5.56 Å². The Morgan fingerprint density at radius 3 is 2.38 bits per heavy atom. The summed E-state index contributed by atoms with van der Waals surface area (Å²) in [4.78, 5) is 41.9. The molecule has 1 fully saturated rings. The Morgan fingerprint density at radius 2 is 1.78 bits per heavy atom. The van der Waals surface area contributed by atoms with Gasteiger partial charge < -0.3 is 10.0 Å². The fourth-order valence-corrected chi connectivity index (χ4v) is 3.72. The molecular weight excluding hydrogens is 410 g/mol. The fourth-order valence-electron chi connectivity index (χ4n) is 3.72. The molecule has 1 amide bonds. The minimum absolute atomic E-state index is 0.0587. The summed E-state index contributed by atoms with van der Waals surface area (Å²) in [6, 6.07) is 15.1. The number of aryl methyl sites for hydroxylation is 1. The maximum atomic E-state index is 13.0. The molecule has 1 aromatic heterocycles. The molecule has 0 bridgehead atoms. The third-order valence-electron chi connectivity index (χ3n) is 5.36. The van der Waals surface area contributed by atoms with Crippen molar-refractivity contribution in [1.29, 1.82) is 0 Å². The van der Waals surface area contributed by atoms with Gasteiger partial charge in [-0.05, 0) is 36.2 Å². The van der Waals surface area contributed by atoms with Crippen LogP contribution in [-0.2, 0) is 16.1 Å². The van der Waals surface area contributed by atoms with Crippen molar-refractivity contribution >= 4 is 23.1 Å². The maximum Gasteiger partial charge on any atom is 0.295 e. The molecule has 8 nitrogen and oxygen atoms in total. The summed E-state index contributed by atoms with van der Waals surface area (Å²) in [6.07, 6.45) is 3.19. The van der Waals surface area contributed by atoms with Gasteiger partial charge in [0.05, 0.1) is 16.5 Å². The zero-order valence-electron chi connectivity index (χ0n) is 17.1. The van der Waals surface area contributed by atoms with E-state index in [1.165, 1.54) is 29.2 Å². The Kier molecular flexibility index (Phi) is 5.51. The van der Waals surface area contributed by atoms with Gasteiger partial charge in [-0.1, -0.05) is 35.9 Å². The molecule has 0 unspecified atom stereocenters. The molecule has 0 saturated carbocycles. The number of nitro benzene ring substituents is 1. The molecule has 3 aromatic rings. The van der Waals surface area contributed by atoms with Gasteiger partial charge in [0.25, 0.3) is 17.4 Å². The smallest absolute Gasteiger partial charge is 0.295 e. The lowest BCUT2D eigenvalue weighted by Gasteiger charge is -2.25. The van der Waals surface area contributed by atoms with E-state index >= 15 is 0 Å². The number of hydrogen-bond donors (Lipinski definition) is 1. The van der Waals surface area contributed by atoms with Crippen LogP contribution in [0.25, 0.3) is 5.76 Å². The molecule has 1 atom stereocenters. The van der Waals surface area contributed by atoms with Crippen LogP contribution in [0.15, 0.2) is 78.6 Å². The summed E-state index contributed by atoms with van der Waals surface area (Å²) in [7, 11) is 0. The highest BCUT2D eigenvalue weighted by Crippen LogP contribution is 2.40. The standard InChI is InChI=1S/C24H19N3O5/c1-15-4-6-18(7-5-15)22(28)20-21(17-8-10-19(11-9-17)27(31)32)26(24(30)23(20)29)14-16-3-2-12-25-13-16/h2-13,21,28H,14H2,1H3/t21-/m0/s1. The molecule has 8 heteroatoms. The average molecular weight is 429 g/mol. The largest absolute Gasteiger partial charge is 0.507 e. The van der Waals surface area contributed by atoms with E-state index in [9.17, 15) is 24.8 Å². The molecule has 2 aromatic carbocycles. The molecule has 0 radical (unpaired) electrons. The zero-order chi connectivity index (χ0) is 22.8. The second kappa shape index (κ2) is 8.43. The Bertz CT molecular complexity index is 1220. The molecule has 1 N–H and O–H groups in total. The number of carbonyl (C=O) groups excluding carboxylic acids is 2. The Morgan fingerprint density at radius 1 is 1.09 bits per heavy atom. The van der Waals surface area contributed by atoms with Crippen molar-refractivity contribution in [3.05, 3.63) is 111 Å². The van der Waals surface area contributed by atoms with Crippen molar-refractivity contribution in [3.8, 4) is 0 Å². The van der Waals surface area contributed by atoms with Gasteiger partial charge in [-0.15, -0.1) is 0 Å². The molecule has 32 heavy (non-hydrogen) atoms. The third-order valence-corrected chi connectivity index (χ3v) is 5.36. The van der Waals surface area contributed by atoms with Gasteiger partial charge in [-0.25, -0.2) is 0 Å². The lowest BCUT2D eigenvalue weighted by Crippen LogP contribution is -2.29. The topological polar surface area (TPSA) is 114 Å². The molecule has 0 spiro atoms. The second-order valence-corrected chi connectivity index (χ2v) is 7.50. The van der Waals surface area contributed by atoms with Gasteiger partial charge in [0, 0.05) is 36.6 Å². The number of aromatic nitrogens is 1. The number of non-ortho nitro benzene ring substituents is 1. The van der Waals surface area contributed by atoms with Crippen LogP contribution in [0.1, 0.15) is 28.3 Å². The number of ketones is 1. The lowest BCUT2D eigenvalue weighted by atomic mass is 9.95. The van der Waals surface area contributed by atoms with E-state index < -0.39 is 22.7 Å². The number of benzene rings is 2. The summed E-state index contributed by atoms with van der Waals surface area (Å²) >= 11 is 0. The zero-order valence-corrected chi connectivity index (χ0v) is 17.1. The molecule has 4 rings (SSSR count). The minimum Gasteiger partial charge on any atom is -0.507 e. The van der Waals surface area contributed by atoms with Crippen molar-refractivity contribution < 1.29 is 19.6 Å². The SMILES string of the molecule is Cc1ccc(C(O)=C2C(=O)C(=O)N(Cc3cccnc3)[C@H]2c2ccc([N+](=O)[O-])cc2)cc1. The molecular formula is C24H19N3O5. The number of nitro groups is 1. The number of aliphatic hydroxyl groups excluding tert-OH is 1. The van der Waals surface area contributed by atoms with Gasteiger partial charge in [-0.3, -0.25) is 24.7 Å². The highest BCUT2D eigenvalue weighted by atomic mass is 16.6. The number of likely N-dealkylation sites (tertiary alicyclic amines) is 1. The Balaban J connectivity index is 1.85. The second-order valence-electron chi connectivity index (χ2n) is 7.50. The summed E-state index contributed by atoms with van der Waals surface area (Å²) in [6.45, 7) is 1.98. The summed E-state index contributed by atoms with van der Waals surface area (Å²) < 4.78 is 0. The van der Waals surface area contributed by atoms with Crippen molar-refractivity contribution in [2.24, 2.45) is 0 Å². The van der Waals surface area contributed by atoms with Crippen molar-refractivity contribution in [2.45, 2.75) is 19.5 Å². The number of carbonyl (C=O) groups is 2. The van der Waals surface area contributed by atoms with Crippen molar-refractivity contribution in [1.82, 2.24) is 9.88 Å². The van der Waals surface area contributed by atoms with Crippen LogP contribution in [-0.4, -0.2) is 31.6 Å². The monoisotopic (exact) mass is 429 g/mol. The van der Waals surface area contributed by atoms with Crippen LogP contribution in [0, 0.1) is 17.0 Å². The quantitative estimate of drug-likeness (QED) is 0.216. The highest BCUT2D eigenvalue weighted by Gasteiger charge is 2.46. The van der Waals surface area contributed by atoms with E-state index in [1.54, 1.807) is 48.8 Å². The molecule has 0 aliphatic carbocycles. The number of aliphatic hydroxyl groups is 1. The van der Waals surface area contributed by atoms with E-state index in [1.807, 2.05) is 6.92 Å². The number of amides is 1. The van der Waals surface area contributed by atoms with E-state index in [-0.39, 0.29) is 23.6 Å². The summed E-state index contributed by atoms with van der Waals surface area (Å²) in [5.41, 5.74) is 2.39. The number of rotatable bonds is 5. The summed E-state index contributed by atoms with van der Waals surface area (Å²) in [5.74, 6) is -1.86. The Labute approximate surface area is 183 Å². The number of Topliss-reactive ketones (excluding diaryl/α,β-unsaturated/α-hetero) is 1. The summed E-state index contributed by atoms with van der Waals surface area (Å²) in [5, 5.41) is 22.1. The van der Waals surface area contributed by atoms with E-state index in [2.05, 4.69) is 4.98 Å². The van der Waals surface area contributed by atoms with E-state index in [0.29, 0.717) is 16.7 Å². The molecule has 1 saturated heterocycles. The molecule has 160 valence electrons. The van der Waals surface area contributed by atoms with Crippen LogP contribution in [0.2, 0.25) is 0 Å². The first-order valence-corrected chi connectivity index (χ1v) is 9.85. The molecule has 1 aliphatic rings. The number of pyridine rings is 1. The average Bonchev–Trinajstić information content (AvgIpc) is 3.05. The normalized spacial score (nSPS) is 17.5. The number of hydrogen-bond acceptors (Lipinski definition) is 6. The van der Waals surface area contributed by atoms with Crippen molar-refractivity contribution in [3.63, 3.8) is 0 Å². The van der Waals surface area contributed by atoms with Gasteiger partial charge in [-0.2, -0.15) is 0 Å². The predicted octanol–water partition coefficient (Wildman–Crippen LogP) is 3.92. The van der Waals surface area contributed by atoms with Crippen LogP contribution >= 0.6 is 0 Å². The molecule has 2 heterocycles. The van der Waals surface area contributed by atoms with E-state index in [4.69, 9.17) is 0 Å². The Hall–Kier alpha value is -4.33. The predicted molar refractivity (Wildman–Crippen MR) is 116 cm³/mol. The first kappa shape index (κ1) is 20.9. The van der Waals surface area contributed by atoms with Gasteiger partial charge >= 0.3 is 0 Å². The first-order chi connectivity index (χ1) is 15.4. The molecule has 1 aliphatic heterocycles. The lowest BCUT2D eigenvalue weighted by molar-refractivity contribution is -0.384. The number of nitrogens with zero attached hydrogens (tertiary/aromatic N) is 3. The van der Waals surface area contributed by atoms with Crippen LogP contribution < -0.4 is 0 Å². The minimum atomic E-state index is -0.905. The fraction of sp³-hybridized carbons (Fsp3) is 0.125. The van der Waals surface area contributed by atoms with Gasteiger partial charge in [0.2, 0.25) is 0 Å². The van der Waals surface area contributed by atoms with Crippen LogP contribution in [0.3, 0.4) is 0 Å². The van der Waals surface area contributed by atoms with Crippen molar-refractivity contribution in [2.75, 3.05) is 0 Å². The van der Waals surface area contributed by atoms with Crippen LogP contribution in [0.5, 0.6) is 0 Å². The van der Waals surface area contributed by atoms with Gasteiger partial charge in [0.15, 0.2) is 0 Å². The van der Waals surface area contributed by atoms with Gasteiger partial charge in [0.1, 0.15) is 5.76 Å². The van der Waals surface area contributed by atoms with Crippen LogP contribution in [0.4, 0.5) is 5.69 Å². The third kappa shape index (κ3) is 3.85. The maximum absolute atomic E-state index is 13.0. The first-order valence-electron chi connectivity index (χ1n) is 9.85. The highest BCUT2D eigenvalue weighted by molar-refractivity contribution is 6.46.